The number of ether oxygens (including phenoxy) is 2. The van der Waals surface area contributed by atoms with E-state index in [1.807, 2.05) is 0 Å². The highest BCUT2D eigenvalue weighted by molar-refractivity contribution is 4.70. The first-order valence-corrected chi connectivity index (χ1v) is 5.98. The first kappa shape index (κ1) is 12.0. The smallest absolute Gasteiger partial charge is 0.165 e. The van der Waals surface area contributed by atoms with Crippen LogP contribution in [0.1, 0.15) is 59.3 Å². The second-order valence-electron chi connectivity index (χ2n) is 4.51. The van der Waals surface area contributed by atoms with Crippen LogP contribution >= 0.6 is 0 Å². The molecule has 2 atom stereocenters. The number of rotatable bonds is 5. The molecule has 0 N–H and O–H groups in total. The zero-order valence-electron chi connectivity index (χ0n) is 9.84. The summed E-state index contributed by atoms with van der Waals surface area (Å²) in [6, 6.07) is 0. The lowest BCUT2D eigenvalue weighted by molar-refractivity contribution is -0.283. The molecule has 1 aliphatic heterocycles. The van der Waals surface area contributed by atoms with E-state index < -0.39 is 0 Å². The Morgan fingerprint density at radius 2 is 2.07 bits per heavy atom. The first-order chi connectivity index (χ1) is 6.66. The van der Waals surface area contributed by atoms with Gasteiger partial charge in [-0.25, -0.2) is 0 Å². The van der Waals surface area contributed by atoms with Gasteiger partial charge in [-0.2, -0.15) is 0 Å². The minimum absolute atomic E-state index is 0.300. The molecule has 0 bridgehead atoms. The average molecular weight is 200 g/mol. The monoisotopic (exact) mass is 200 g/mol. The molecule has 2 heteroatoms. The van der Waals surface area contributed by atoms with Crippen LogP contribution in [0, 0.1) is 0 Å². The zero-order chi connectivity index (χ0) is 10.4. The summed E-state index contributed by atoms with van der Waals surface area (Å²) in [6.45, 7) is 7.30. The predicted octanol–water partition coefficient (Wildman–Crippen LogP) is 3.50. The van der Waals surface area contributed by atoms with E-state index in [0.717, 1.165) is 19.4 Å². The summed E-state index contributed by atoms with van der Waals surface area (Å²) in [5, 5.41) is 0. The fourth-order valence-electron chi connectivity index (χ4n) is 1.96. The minimum Gasteiger partial charge on any atom is -0.350 e. The van der Waals surface area contributed by atoms with Gasteiger partial charge in [0.15, 0.2) is 5.79 Å². The molecule has 0 aromatic heterocycles. The van der Waals surface area contributed by atoms with E-state index in [4.69, 9.17) is 9.47 Å². The maximum absolute atomic E-state index is 5.83. The van der Waals surface area contributed by atoms with Crippen molar-refractivity contribution < 1.29 is 9.47 Å². The molecule has 84 valence electrons. The molecular weight excluding hydrogens is 176 g/mol. The van der Waals surface area contributed by atoms with E-state index in [2.05, 4.69) is 20.8 Å². The molecule has 0 aromatic rings. The van der Waals surface area contributed by atoms with Gasteiger partial charge >= 0.3 is 0 Å². The highest BCUT2D eigenvalue weighted by Gasteiger charge is 2.31. The topological polar surface area (TPSA) is 18.5 Å². The number of unbranched alkanes of at least 4 members (excludes halogenated alkanes) is 3. The second-order valence-corrected chi connectivity index (χ2v) is 4.51. The number of hydrogen-bond donors (Lipinski definition) is 0. The van der Waals surface area contributed by atoms with Gasteiger partial charge in [-0.3, -0.25) is 0 Å². The van der Waals surface area contributed by atoms with Crippen LogP contribution in [0.15, 0.2) is 0 Å². The van der Waals surface area contributed by atoms with Crippen molar-refractivity contribution in [1.29, 1.82) is 0 Å². The van der Waals surface area contributed by atoms with Crippen LogP contribution in [0.2, 0.25) is 0 Å². The fourth-order valence-corrected chi connectivity index (χ4v) is 1.96. The third-order valence-corrected chi connectivity index (χ3v) is 2.87. The Morgan fingerprint density at radius 1 is 1.29 bits per heavy atom. The molecule has 0 saturated carbocycles. The summed E-state index contributed by atoms with van der Waals surface area (Å²) in [5.74, 6) is -0.300. The average Bonchev–Trinajstić information content (AvgIpc) is 2.12. The van der Waals surface area contributed by atoms with Gasteiger partial charge in [0, 0.05) is 6.42 Å². The maximum atomic E-state index is 5.83. The quantitative estimate of drug-likeness (QED) is 0.632. The summed E-state index contributed by atoms with van der Waals surface area (Å²) in [5.41, 5.74) is 0. The van der Waals surface area contributed by atoms with Crippen molar-refractivity contribution in [1.82, 2.24) is 0 Å². The maximum Gasteiger partial charge on any atom is 0.165 e. The van der Waals surface area contributed by atoms with Gasteiger partial charge in [-0.15, -0.1) is 0 Å². The third kappa shape index (κ3) is 3.97. The lowest BCUT2D eigenvalue weighted by atomic mass is 10.1. The van der Waals surface area contributed by atoms with Crippen LogP contribution in [0.4, 0.5) is 0 Å². The van der Waals surface area contributed by atoms with Gasteiger partial charge in [0.2, 0.25) is 0 Å². The molecule has 0 unspecified atom stereocenters. The molecule has 0 spiro atoms. The summed E-state index contributed by atoms with van der Waals surface area (Å²) < 4.78 is 11.5. The summed E-state index contributed by atoms with van der Waals surface area (Å²) in [7, 11) is 0. The van der Waals surface area contributed by atoms with Crippen molar-refractivity contribution >= 4 is 0 Å². The molecular formula is C12H24O2. The molecule has 0 amide bonds. The standard InChI is InChI=1S/C12H24O2/c1-4-5-6-7-9-12(3)13-10-8-11(2)14-12/h11H,4-10H2,1-3H3/t11-,12-/m1/s1. The normalized spacial score (nSPS) is 33.2. The Bertz CT molecular complexity index is 158. The summed E-state index contributed by atoms with van der Waals surface area (Å²) >= 11 is 0. The molecule has 1 rings (SSSR count). The van der Waals surface area contributed by atoms with Crippen molar-refractivity contribution in [3.8, 4) is 0 Å². The van der Waals surface area contributed by atoms with Gasteiger partial charge in [-0.1, -0.05) is 26.2 Å². The summed E-state index contributed by atoms with van der Waals surface area (Å²) in [6.07, 6.45) is 7.56. The molecule has 2 nitrogen and oxygen atoms in total. The van der Waals surface area contributed by atoms with Crippen molar-refractivity contribution in [2.75, 3.05) is 6.61 Å². The molecule has 1 heterocycles. The van der Waals surface area contributed by atoms with Crippen LogP contribution in [0.3, 0.4) is 0 Å². The van der Waals surface area contributed by atoms with E-state index in [-0.39, 0.29) is 5.79 Å². The minimum atomic E-state index is -0.300. The highest BCUT2D eigenvalue weighted by Crippen LogP contribution is 2.27. The van der Waals surface area contributed by atoms with Crippen LogP contribution < -0.4 is 0 Å². The van der Waals surface area contributed by atoms with Crippen molar-refractivity contribution in [2.45, 2.75) is 71.2 Å². The van der Waals surface area contributed by atoms with Crippen LogP contribution in [0.5, 0.6) is 0 Å². The van der Waals surface area contributed by atoms with Gasteiger partial charge in [0.25, 0.3) is 0 Å². The Kier molecular flexibility index (Phi) is 4.90. The molecule has 14 heavy (non-hydrogen) atoms. The Morgan fingerprint density at radius 3 is 2.71 bits per heavy atom. The molecule has 0 radical (unpaired) electrons. The van der Waals surface area contributed by atoms with Crippen LogP contribution in [-0.4, -0.2) is 18.5 Å². The Labute approximate surface area is 88.0 Å². The van der Waals surface area contributed by atoms with Crippen molar-refractivity contribution in [2.24, 2.45) is 0 Å². The van der Waals surface area contributed by atoms with Crippen molar-refractivity contribution in [3.05, 3.63) is 0 Å². The third-order valence-electron chi connectivity index (χ3n) is 2.87. The van der Waals surface area contributed by atoms with E-state index in [0.29, 0.717) is 6.10 Å². The summed E-state index contributed by atoms with van der Waals surface area (Å²) in [4.78, 5) is 0. The molecule has 0 aliphatic carbocycles. The van der Waals surface area contributed by atoms with Gasteiger partial charge in [-0.05, 0) is 26.7 Å². The van der Waals surface area contributed by atoms with Crippen LogP contribution in [-0.2, 0) is 9.47 Å². The van der Waals surface area contributed by atoms with Crippen molar-refractivity contribution in [3.63, 3.8) is 0 Å². The second kappa shape index (κ2) is 5.72. The van der Waals surface area contributed by atoms with E-state index in [1.165, 1.54) is 25.7 Å². The van der Waals surface area contributed by atoms with Gasteiger partial charge in [0.1, 0.15) is 0 Å². The molecule has 1 saturated heterocycles. The lowest BCUT2D eigenvalue weighted by Crippen LogP contribution is -2.41. The molecule has 0 aromatic carbocycles. The zero-order valence-corrected chi connectivity index (χ0v) is 9.84. The SMILES string of the molecule is CCCCCC[C@]1(C)OCC[C@@H](C)O1. The Hall–Kier alpha value is -0.0800. The fraction of sp³-hybridized carbons (Fsp3) is 1.00. The predicted molar refractivity (Wildman–Crippen MR) is 58.3 cm³/mol. The van der Waals surface area contributed by atoms with E-state index in [9.17, 15) is 0 Å². The Balaban J connectivity index is 2.19. The lowest BCUT2D eigenvalue weighted by Gasteiger charge is -2.37. The first-order valence-electron chi connectivity index (χ1n) is 5.98. The van der Waals surface area contributed by atoms with Crippen LogP contribution in [0.25, 0.3) is 0 Å². The van der Waals surface area contributed by atoms with Gasteiger partial charge < -0.3 is 9.47 Å². The van der Waals surface area contributed by atoms with Gasteiger partial charge in [0.05, 0.1) is 12.7 Å². The molecule has 1 aliphatic rings. The highest BCUT2D eigenvalue weighted by atomic mass is 16.7. The number of hydrogen-bond acceptors (Lipinski definition) is 2. The van der Waals surface area contributed by atoms with E-state index in [1.54, 1.807) is 0 Å². The molecule has 1 fully saturated rings. The van der Waals surface area contributed by atoms with E-state index >= 15 is 0 Å². The largest absolute Gasteiger partial charge is 0.350 e.